The van der Waals surface area contributed by atoms with Crippen LogP contribution in [0, 0.1) is 17.8 Å². The van der Waals surface area contributed by atoms with E-state index in [1.54, 1.807) is 7.11 Å². The number of nitrogens with one attached hydrogen (secondary N) is 4. The molecule has 12 heteroatoms. The van der Waals surface area contributed by atoms with Crippen LogP contribution in [0.1, 0.15) is 72.8 Å². The lowest BCUT2D eigenvalue weighted by atomic mass is 9.95. The van der Waals surface area contributed by atoms with Crippen molar-refractivity contribution in [3.05, 3.63) is 48.0 Å². The second-order valence-electron chi connectivity index (χ2n) is 13.8. The summed E-state index contributed by atoms with van der Waals surface area (Å²) < 4.78 is 15.6. The molecule has 0 heterocycles. The first-order valence-corrected chi connectivity index (χ1v) is 17.9. The van der Waals surface area contributed by atoms with Gasteiger partial charge in [0.05, 0.1) is 38.4 Å². The van der Waals surface area contributed by atoms with Crippen molar-refractivity contribution in [2.75, 3.05) is 40.1 Å². The van der Waals surface area contributed by atoms with Crippen molar-refractivity contribution in [1.82, 2.24) is 21.3 Å². The molecule has 2 rings (SSSR count). The minimum absolute atomic E-state index is 0.0221. The summed E-state index contributed by atoms with van der Waals surface area (Å²) in [5.74, 6) is -0.874. The van der Waals surface area contributed by atoms with Gasteiger partial charge in [-0.1, -0.05) is 90.4 Å². The van der Waals surface area contributed by atoms with Crippen molar-refractivity contribution in [3.63, 3.8) is 0 Å². The third kappa shape index (κ3) is 15.9. The van der Waals surface area contributed by atoms with E-state index in [9.17, 15) is 24.3 Å². The maximum Gasteiger partial charge on any atom is 0.407 e. The first-order chi connectivity index (χ1) is 23.8. The highest BCUT2D eigenvalue weighted by Crippen LogP contribution is 2.20. The van der Waals surface area contributed by atoms with E-state index < -0.39 is 42.1 Å². The zero-order chi connectivity index (χ0) is 37.1. The van der Waals surface area contributed by atoms with Gasteiger partial charge in [0.2, 0.25) is 17.7 Å². The maximum atomic E-state index is 14.0. The van der Waals surface area contributed by atoms with Gasteiger partial charge in [-0.15, -0.1) is 0 Å². The summed E-state index contributed by atoms with van der Waals surface area (Å²) in [6, 6.07) is 10.8. The highest BCUT2D eigenvalue weighted by molar-refractivity contribution is 5.92. The topological polar surface area (TPSA) is 164 Å². The Kier molecular flexibility index (Phi) is 19.4. The van der Waals surface area contributed by atoms with Crippen LogP contribution >= 0.6 is 0 Å². The highest BCUT2D eigenvalue weighted by Gasteiger charge is 2.32. The number of benzene rings is 2. The predicted octanol–water partition coefficient (Wildman–Crippen LogP) is 4.12. The number of carbonyl (C=O) groups is 4. The SMILES string of the molecule is CCC(C)CNC(=O)C[C@H](O)[C@H](CC(C)C)NC(=O)[C@H](CC(C)C)NC(=O)[C@H](Cc1cccc2ccccc12)NC(=O)OCCOCCOC. The molecule has 0 saturated carbocycles. The summed E-state index contributed by atoms with van der Waals surface area (Å²) in [4.78, 5) is 53.2. The minimum Gasteiger partial charge on any atom is -0.447 e. The first kappa shape index (κ1) is 42.4. The van der Waals surface area contributed by atoms with Crippen molar-refractivity contribution in [3.8, 4) is 0 Å². The van der Waals surface area contributed by atoms with Crippen LogP contribution in [-0.2, 0) is 35.0 Å². The van der Waals surface area contributed by atoms with Crippen LogP contribution in [0.15, 0.2) is 42.5 Å². The number of aliphatic hydroxyl groups excluding tert-OH is 1. The smallest absolute Gasteiger partial charge is 0.407 e. The molecule has 5 atom stereocenters. The summed E-state index contributed by atoms with van der Waals surface area (Å²) in [6.07, 6.45) is -0.279. The Hall–Kier alpha value is -3.74. The molecule has 280 valence electrons. The van der Waals surface area contributed by atoms with Crippen LogP contribution in [0.4, 0.5) is 4.79 Å². The summed E-state index contributed by atoms with van der Waals surface area (Å²) in [6.45, 7) is 13.3. The summed E-state index contributed by atoms with van der Waals surface area (Å²) in [5.41, 5.74) is 0.836. The van der Waals surface area contributed by atoms with Crippen molar-refractivity contribution in [1.29, 1.82) is 0 Å². The molecule has 0 aliphatic rings. The van der Waals surface area contributed by atoms with E-state index >= 15 is 0 Å². The minimum atomic E-state index is -1.12. The van der Waals surface area contributed by atoms with Gasteiger partial charge < -0.3 is 40.6 Å². The van der Waals surface area contributed by atoms with E-state index in [1.165, 1.54) is 0 Å². The Labute approximate surface area is 297 Å². The predicted molar refractivity (Wildman–Crippen MR) is 194 cm³/mol. The second-order valence-corrected chi connectivity index (χ2v) is 13.8. The van der Waals surface area contributed by atoms with Crippen LogP contribution < -0.4 is 21.3 Å². The Morgan fingerprint density at radius 1 is 0.780 bits per heavy atom. The molecule has 0 bridgehead atoms. The summed E-state index contributed by atoms with van der Waals surface area (Å²) >= 11 is 0. The lowest BCUT2D eigenvalue weighted by molar-refractivity contribution is -0.131. The van der Waals surface area contributed by atoms with E-state index in [2.05, 4.69) is 21.3 Å². The van der Waals surface area contributed by atoms with Gasteiger partial charge >= 0.3 is 6.09 Å². The quantitative estimate of drug-likeness (QED) is 0.108. The molecule has 0 aromatic heterocycles. The van der Waals surface area contributed by atoms with Crippen molar-refractivity contribution in [2.24, 2.45) is 17.8 Å². The van der Waals surface area contributed by atoms with E-state index in [4.69, 9.17) is 14.2 Å². The normalized spacial score (nSPS) is 14.4. The van der Waals surface area contributed by atoms with E-state index in [0.717, 1.165) is 22.8 Å². The Morgan fingerprint density at radius 3 is 2.12 bits per heavy atom. The Bertz CT molecular complexity index is 1330. The Morgan fingerprint density at radius 2 is 1.44 bits per heavy atom. The monoisotopic (exact) mass is 700 g/mol. The molecule has 4 amide bonds. The molecular weight excluding hydrogens is 640 g/mol. The number of aliphatic hydroxyl groups is 1. The van der Waals surface area contributed by atoms with Gasteiger partial charge in [0, 0.05) is 20.1 Å². The van der Waals surface area contributed by atoms with Crippen molar-refractivity contribution < 1.29 is 38.5 Å². The maximum absolute atomic E-state index is 14.0. The number of rotatable bonds is 23. The fourth-order valence-electron chi connectivity index (χ4n) is 5.44. The standard InChI is InChI=1S/C38H60N4O8/c1-8-27(6)24-39-35(44)23-34(43)31(20-25(2)3)40-36(45)32(21-26(4)5)41-37(46)33(42-38(47)50-19-18-49-17-16-48-7)22-29-14-11-13-28-12-9-10-15-30(28)29/h9-15,25-27,31-34,43H,8,16-24H2,1-7H3,(H,39,44)(H,40,45)(H,41,46)(H,42,47)/t27?,31-,32-,33-,34-/m0/s1. The lowest BCUT2D eigenvalue weighted by Crippen LogP contribution is -2.57. The number of hydrogen-bond acceptors (Lipinski definition) is 8. The molecule has 50 heavy (non-hydrogen) atoms. The third-order valence-electron chi connectivity index (χ3n) is 8.40. The van der Waals surface area contributed by atoms with Crippen molar-refractivity contribution in [2.45, 2.75) is 97.9 Å². The zero-order valence-corrected chi connectivity index (χ0v) is 31.0. The van der Waals surface area contributed by atoms with E-state index in [0.29, 0.717) is 38.5 Å². The number of fused-ring (bicyclic) bond motifs is 1. The number of alkyl carbamates (subject to hydrolysis) is 1. The lowest BCUT2D eigenvalue weighted by Gasteiger charge is -2.29. The molecule has 1 unspecified atom stereocenters. The number of carbonyl (C=O) groups excluding carboxylic acids is 4. The van der Waals surface area contributed by atoms with E-state index in [1.807, 2.05) is 84.0 Å². The molecular formula is C38H60N4O8. The van der Waals surface area contributed by atoms with Gasteiger partial charge in [-0.05, 0) is 46.9 Å². The molecule has 0 spiro atoms. The van der Waals surface area contributed by atoms with E-state index in [-0.39, 0.29) is 43.8 Å². The Balaban J connectivity index is 2.24. The van der Waals surface area contributed by atoms with Gasteiger partial charge in [0.1, 0.15) is 18.7 Å². The van der Waals surface area contributed by atoms with Gasteiger partial charge in [-0.3, -0.25) is 14.4 Å². The summed E-state index contributed by atoms with van der Waals surface area (Å²) in [7, 11) is 1.56. The van der Waals surface area contributed by atoms with Gasteiger partial charge in [0.25, 0.3) is 0 Å². The summed E-state index contributed by atoms with van der Waals surface area (Å²) in [5, 5.41) is 24.3. The zero-order valence-electron chi connectivity index (χ0n) is 31.0. The fourth-order valence-corrected chi connectivity index (χ4v) is 5.44. The molecule has 2 aromatic rings. The molecule has 0 aliphatic carbocycles. The average Bonchev–Trinajstić information content (AvgIpc) is 3.07. The van der Waals surface area contributed by atoms with Crippen LogP contribution in [0.3, 0.4) is 0 Å². The fraction of sp³-hybridized carbons (Fsp3) is 0.632. The van der Waals surface area contributed by atoms with Gasteiger partial charge in [-0.2, -0.15) is 0 Å². The third-order valence-corrected chi connectivity index (χ3v) is 8.40. The molecule has 0 fully saturated rings. The number of ether oxygens (including phenoxy) is 3. The first-order valence-electron chi connectivity index (χ1n) is 17.9. The average molecular weight is 701 g/mol. The molecule has 5 N–H and O–H groups in total. The molecule has 0 radical (unpaired) electrons. The van der Waals surface area contributed by atoms with Crippen LogP contribution in [0.25, 0.3) is 10.8 Å². The molecule has 0 saturated heterocycles. The molecule has 0 aliphatic heterocycles. The second kappa shape index (κ2) is 22.9. The van der Waals surface area contributed by atoms with Crippen molar-refractivity contribution >= 4 is 34.6 Å². The number of amides is 4. The number of methoxy groups -OCH3 is 1. The van der Waals surface area contributed by atoms with Gasteiger partial charge in [-0.25, -0.2) is 4.79 Å². The molecule has 12 nitrogen and oxygen atoms in total. The van der Waals surface area contributed by atoms with Gasteiger partial charge in [0.15, 0.2) is 0 Å². The number of hydrogen-bond donors (Lipinski definition) is 5. The van der Waals surface area contributed by atoms with Crippen LogP contribution in [0.2, 0.25) is 0 Å². The van der Waals surface area contributed by atoms with Crippen LogP contribution in [-0.4, -0.2) is 93.2 Å². The largest absolute Gasteiger partial charge is 0.447 e. The molecule has 2 aromatic carbocycles. The highest BCUT2D eigenvalue weighted by atomic mass is 16.6. The van der Waals surface area contributed by atoms with Crippen LogP contribution in [0.5, 0.6) is 0 Å².